The van der Waals surface area contributed by atoms with E-state index in [1.165, 1.54) is 34.3 Å². The molecule has 1 saturated heterocycles. The highest BCUT2D eigenvalue weighted by Gasteiger charge is 2.31. The molecule has 1 aromatic rings. The molecule has 1 amide bonds. The van der Waals surface area contributed by atoms with E-state index >= 15 is 0 Å². The Bertz CT molecular complexity index is 785. The van der Waals surface area contributed by atoms with Crippen LogP contribution in [0.5, 0.6) is 5.75 Å². The summed E-state index contributed by atoms with van der Waals surface area (Å²) in [5.41, 5.74) is 0.245. The van der Waals surface area contributed by atoms with Gasteiger partial charge in [-0.15, -0.1) is 0 Å². The molecule has 1 fully saturated rings. The van der Waals surface area contributed by atoms with Gasteiger partial charge in [-0.25, -0.2) is 13.2 Å². The molecule has 0 atom stereocenters. The molecule has 0 unspecified atom stereocenters. The van der Waals surface area contributed by atoms with Crippen LogP contribution in [0, 0.1) is 0 Å². The topological polar surface area (TPSA) is 93.2 Å². The Morgan fingerprint density at radius 3 is 2.33 bits per heavy atom. The molecule has 27 heavy (non-hydrogen) atoms. The molecular weight excluding hydrogens is 372 g/mol. The van der Waals surface area contributed by atoms with E-state index in [0.29, 0.717) is 12.4 Å². The molecule has 1 aromatic carbocycles. The molecular formula is C18H26N2O6S. The van der Waals surface area contributed by atoms with Crippen LogP contribution in [0.25, 0.3) is 0 Å². The average molecular weight is 398 g/mol. The molecule has 9 heteroatoms. The summed E-state index contributed by atoms with van der Waals surface area (Å²) in [5, 5.41) is 0. The van der Waals surface area contributed by atoms with E-state index in [0.717, 1.165) is 6.42 Å². The molecule has 1 heterocycles. The van der Waals surface area contributed by atoms with E-state index in [9.17, 15) is 18.0 Å². The number of Topliss-reactive ketones (excluding diaryl/α,β-unsaturated/α-hetero) is 1. The summed E-state index contributed by atoms with van der Waals surface area (Å²) < 4.78 is 37.7. The molecule has 0 bridgehead atoms. The summed E-state index contributed by atoms with van der Waals surface area (Å²) in [6.45, 7) is 6.63. The van der Waals surface area contributed by atoms with Gasteiger partial charge in [0.2, 0.25) is 10.0 Å². The van der Waals surface area contributed by atoms with Crippen molar-refractivity contribution < 1.29 is 27.5 Å². The molecule has 8 nitrogen and oxygen atoms in total. The Balaban J connectivity index is 2.18. The Hall–Kier alpha value is -2.13. The largest absolute Gasteiger partial charge is 0.493 e. The Labute approximate surface area is 160 Å². The summed E-state index contributed by atoms with van der Waals surface area (Å²) in [7, 11) is -3.77. The maximum absolute atomic E-state index is 12.9. The molecule has 150 valence electrons. The minimum atomic E-state index is -3.77. The van der Waals surface area contributed by atoms with Gasteiger partial charge in [0.15, 0.2) is 5.78 Å². The van der Waals surface area contributed by atoms with Gasteiger partial charge in [-0.1, -0.05) is 6.92 Å². The van der Waals surface area contributed by atoms with Gasteiger partial charge in [0.25, 0.3) is 0 Å². The molecule has 1 aliphatic rings. The van der Waals surface area contributed by atoms with E-state index in [4.69, 9.17) is 9.47 Å². The minimum Gasteiger partial charge on any atom is -0.493 e. The van der Waals surface area contributed by atoms with Crippen molar-refractivity contribution >= 4 is 21.9 Å². The van der Waals surface area contributed by atoms with E-state index in [2.05, 4.69) is 0 Å². The van der Waals surface area contributed by atoms with Crippen molar-refractivity contribution in [1.82, 2.24) is 9.21 Å². The number of ether oxygens (including phenoxy) is 2. The van der Waals surface area contributed by atoms with Crippen LogP contribution in [0.4, 0.5) is 4.79 Å². The number of hydrogen-bond acceptors (Lipinski definition) is 6. The predicted octanol–water partition coefficient (Wildman–Crippen LogP) is 2.14. The number of ketones is 1. The van der Waals surface area contributed by atoms with Crippen LogP contribution in [0.3, 0.4) is 0 Å². The Morgan fingerprint density at radius 2 is 1.78 bits per heavy atom. The van der Waals surface area contributed by atoms with Gasteiger partial charge in [0.1, 0.15) is 5.75 Å². The van der Waals surface area contributed by atoms with Gasteiger partial charge in [0.05, 0.1) is 23.7 Å². The van der Waals surface area contributed by atoms with Gasteiger partial charge in [-0.3, -0.25) is 4.79 Å². The van der Waals surface area contributed by atoms with Gasteiger partial charge in [-0.05, 0) is 38.5 Å². The zero-order valence-corrected chi connectivity index (χ0v) is 16.8. The third-order valence-corrected chi connectivity index (χ3v) is 6.09. The standard InChI is InChI=1S/C18H26N2O6S/c1-4-12-26-17-7-6-15(13-16(17)14(3)21)27(23,24)20-10-8-19(9-11-20)18(22)25-5-2/h6-7,13H,4-5,8-12H2,1-3H3. The molecule has 1 aliphatic heterocycles. The van der Waals surface area contributed by atoms with Crippen LogP contribution in [0.15, 0.2) is 23.1 Å². The second kappa shape index (κ2) is 9.18. The third-order valence-electron chi connectivity index (χ3n) is 4.19. The fraction of sp³-hybridized carbons (Fsp3) is 0.556. The zero-order valence-electron chi connectivity index (χ0n) is 15.9. The summed E-state index contributed by atoms with van der Waals surface area (Å²) >= 11 is 0. The predicted molar refractivity (Wildman–Crippen MR) is 99.6 cm³/mol. The number of nitrogens with zero attached hydrogens (tertiary/aromatic N) is 2. The van der Waals surface area contributed by atoms with Crippen molar-refractivity contribution in [3.05, 3.63) is 23.8 Å². The van der Waals surface area contributed by atoms with E-state index < -0.39 is 16.1 Å². The number of carbonyl (C=O) groups is 2. The quantitative estimate of drug-likeness (QED) is 0.653. The van der Waals surface area contributed by atoms with Crippen LogP contribution < -0.4 is 4.74 Å². The first-order chi connectivity index (χ1) is 12.8. The highest BCUT2D eigenvalue weighted by atomic mass is 32.2. The molecule has 0 aromatic heterocycles. The Kier molecular flexibility index (Phi) is 7.20. The number of hydrogen-bond donors (Lipinski definition) is 0. The lowest BCUT2D eigenvalue weighted by atomic mass is 10.1. The molecule has 0 N–H and O–H groups in total. The maximum atomic E-state index is 12.9. The van der Waals surface area contributed by atoms with Gasteiger partial charge in [0, 0.05) is 26.2 Å². The zero-order chi connectivity index (χ0) is 20.0. The Morgan fingerprint density at radius 1 is 1.11 bits per heavy atom. The smallest absolute Gasteiger partial charge is 0.409 e. The van der Waals surface area contributed by atoms with Crippen LogP contribution >= 0.6 is 0 Å². The third kappa shape index (κ3) is 4.98. The average Bonchev–Trinajstić information content (AvgIpc) is 2.66. The highest BCUT2D eigenvalue weighted by molar-refractivity contribution is 7.89. The summed E-state index contributed by atoms with van der Waals surface area (Å²) in [4.78, 5) is 25.2. The number of piperazine rings is 1. The molecule has 0 saturated carbocycles. The number of rotatable bonds is 7. The van der Waals surface area contributed by atoms with Crippen LogP contribution in [-0.2, 0) is 14.8 Å². The SMILES string of the molecule is CCCOc1ccc(S(=O)(=O)N2CCN(C(=O)OCC)CC2)cc1C(C)=O. The lowest BCUT2D eigenvalue weighted by Crippen LogP contribution is -2.50. The van der Waals surface area contributed by atoms with Crippen molar-refractivity contribution in [2.45, 2.75) is 32.1 Å². The first kappa shape index (κ1) is 21.2. The van der Waals surface area contributed by atoms with Crippen molar-refractivity contribution in [2.24, 2.45) is 0 Å². The van der Waals surface area contributed by atoms with Gasteiger partial charge < -0.3 is 14.4 Å². The fourth-order valence-corrected chi connectivity index (χ4v) is 4.21. The summed E-state index contributed by atoms with van der Waals surface area (Å²) in [5.74, 6) is 0.126. The van der Waals surface area contributed by atoms with E-state index in [1.54, 1.807) is 6.92 Å². The summed E-state index contributed by atoms with van der Waals surface area (Å²) in [6.07, 6.45) is 0.341. The monoisotopic (exact) mass is 398 g/mol. The fourth-order valence-electron chi connectivity index (χ4n) is 2.76. The first-order valence-electron chi connectivity index (χ1n) is 9.00. The second-order valence-electron chi connectivity index (χ2n) is 6.15. The number of sulfonamides is 1. The maximum Gasteiger partial charge on any atom is 0.409 e. The van der Waals surface area contributed by atoms with Crippen molar-refractivity contribution in [1.29, 1.82) is 0 Å². The van der Waals surface area contributed by atoms with E-state index in [1.807, 2.05) is 6.92 Å². The van der Waals surface area contributed by atoms with E-state index in [-0.39, 0.29) is 49.0 Å². The molecule has 2 rings (SSSR count). The number of benzene rings is 1. The van der Waals surface area contributed by atoms with Crippen molar-refractivity contribution in [2.75, 3.05) is 39.4 Å². The molecule has 0 radical (unpaired) electrons. The molecule has 0 aliphatic carbocycles. The minimum absolute atomic E-state index is 0.0427. The lowest BCUT2D eigenvalue weighted by molar-refractivity contribution is 0.0933. The van der Waals surface area contributed by atoms with Crippen molar-refractivity contribution in [3.63, 3.8) is 0 Å². The second-order valence-corrected chi connectivity index (χ2v) is 8.09. The van der Waals surface area contributed by atoms with Gasteiger partial charge >= 0.3 is 6.09 Å². The van der Waals surface area contributed by atoms with Crippen molar-refractivity contribution in [3.8, 4) is 5.75 Å². The van der Waals surface area contributed by atoms with Crippen LogP contribution in [0.1, 0.15) is 37.6 Å². The van der Waals surface area contributed by atoms with Crippen LogP contribution in [0.2, 0.25) is 0 Å². The van der Waals surface area contributed by atoms with Crippen LogP contribution in [-0.4, -0.2) is 68.9 Å². The highest BCUT2D eigenvalue weighted by Crippen LogP contribution is 2.26. The summed E-state index contributed by atoms with van der Waals surface area (Å²) in [6, 6.07) is 4.33. The molecule has 0 spiro atoms. The lowest BCUT2D eigenvalue weighted by Gasteiger charge is -2.33. The normalized spacial score (nSPS) is 15.4. The number of carbonyl (C=O) groups excluding carboxylic acids is 2. The first-order valence-corrected chi connectivity index (χ1v) is 10.4. The van der Waals surface area contributed by atoms with Gasteiger partial charge in [-0.2, -0.15) is 4.31 Å². The number of amides is 1.